The van der Waals surface area contributed by atoms with Crippen LogP contribution < -0.4 is 4.90 Å². The van der Waals surface area contributed by atoms with Gasteiger partial charge in [-0.25, -0.2) is 5.26 Å². The van der Waals surface area contributed by atoms with Crippen LogP contribution in [-0.4, -0.2) is 52.7 Å². The number of unbranched alkanes of at least 4 members (excludes halogenated alkanes) is 2. The molecular weight excluding hydrogens is 617 g/mol. The van der Waals surface area contributed by atoms with Crippen LogP contribution in [-0.2, 0) is 35.1 Å². The van der Waals surface area contributed by atoms with Crippen molar-refractivity contribution in [3.8, 4) is 0 Å². The van der Waals surface area contributed by atoms with Crippen molar-refractivity contribution in [3.05, 3.63) is 83.6 Å². The Bertz CT molecular complexity index is 1670. The number of benzene rings is 2. The lowest BCUT2D eigenvalue weighted by Gasteiger charge is -2.27. The standard InChI is InChI=1S/C33H40N2O8S2/c1-6-34-27-18-16-23(44-43-42-38)21-25(27)32(2,3)29(34)13-9-7-10-14-30-33(4,5)26-22-24(45(39,40)41)17-19-28(26)35(30)20-12-8-11-15-31(36)37/h7,9-10,13-14,16-19,21-22H,6,8,11-12,15,20H2,1-5H3,(H2-,36,37,38,39,40,41)/p+1. The van der Waals surface area contributed by atoms with E-state index in [9.17, 15) is 17.8 Å². The fraction of sp³-hybridized carbons (Fsp3) is 0.394. The molecule has 242 valence electrons. The largest absolute Gasteiger partial charge is 0.481 e. The van der Waals surface area contributed by atoms with Crippen molar-refractivity contribution in [3.63, 3.8) is 0 Å². The summed E-state index contributed by atoms with van der Waals surface area (Å²) in [7, 11) is -4.36. The first kappa shape index (κ1) is 34.6. The molecule has 0 aromatic heterocycles. The molecule has 12 heteroatoms. The van der Waals surface area contributed by atoms with Crippen LogP contribution in [0.15, 0.2) is 82.3 Å². The van der Waals surface area contributed by atoms with Crippen molar-refractivity contribution >= 4 is 45.2 Å². The van der Waals surface area contributed by atoms with Crippen LogP contribution >= 0.6 is 12.0 Å². The minimum atomic E-state index is -4.36. The third-order valence-corrected chi connectivity index (χ3v) is 9.93. The zero-order valence-electron chi connectivity index (χ0n) is 26.2. The zero-order chi connectivity index (χ0) is 33.0. The maximum absolute atomic E-state index is 11.9. The Balaban J connectivity index is 1.60. The van der Waals surface area contributed by atoms with Crippen molar-refractivity contribution in [2.24, 2.45) is 0 Å². The molecule has 45 heavy (non-hydrogen) atoms. The Morgan fingerprint density at radius 3 is 2.42 bits per heavy atom. The highest BCUT2D eigenvalue weighted by Gasteiger charge is 2.44. The molecule has 3 N–H and O–H groups in total. The third kappa shape index (κ3) is 7.43. The van der Waals surface area contributed by atoms with Gasteiger partial charge < -0.3 is 10.0 Å². The van der Waals surface area contributed by atoms with Gasteiger partial charge in [0.1, 0.15) is 6.54 Å². The maximum atomic E-state index is 11.9. The Morgan fingerprint density at radius 1 is 1.00 bits per heavy atom. The molecular formula is C33H41N2O8S2+. The van der Waals surface area contributed by atoms with Gasteiger partial charge in [0.05, 0.1) is 22.4 Å². The lowest BCUT2D eigenvalue weighted by molar-refractivity contribution is -0.433. The number of nitrogens with zero attached hydrogens (tertiary/aromatic N) is 2. The van der Waals surface area contributed by atoms with Gasteiger partial charge in [-0.2, -0.15) is 13.0 Å². The lowest BCUT2D eigenvalue weighted by atomic mass is 9.81. The van der Waals surface area contributed by atoms with Crippen molar-refractivity contribution in [1.82, 2.24) is 0 Å². The molecule has 0 amide bonds. The number of allylic oxidation sites excluding steroid dienone is 6. The molecule has 0 saturated heterocycles. The summed E-state index contributed by atoms with van der Waals surface area (Å²) in [5.41, 5.74) is 5.18. The summed E-state index contributed by atoms with van der Waals surface area (Å²) in [5.74, 6) is -0.809. The number of aliphatic carboxylic acids is 1. The molecule has 2 aromatic carbocycles. The predicted molar refractivity (Wildman–Crippen MR) is 175 cm³/mol. The molecule has 2 aliphatic heterocycles. The second-order valence-electron chi connectivity index (χ2n) is 12.1. The molecule has 10 nitrogen and oxygen atoms in total. The maximum Gasteiger partial charge on any atom is 0.303 e. The van der Waals surface area contributed by atoms with E-state index < -0.39 is 21.5 Å². The molecule has 2 aromatic rings. The number of rotatable bonds is 14. The van der Waals surface area contributed by atoms with Crippen LogP contribution in [0.2, 0.25) is 0 Å². The molecule has 4 rings (SSSR count). The Morgan fingerprint density at radius 2 is 1.76 bits per heavy atom. The van der Waals surface area contributed by atoms with Crippen molar-refractivity contribution in [2.75, 3.05) is 18.0 Å². The van der Waals surface area contributed by atoms with E-state index in [2.05, 4.69) is 45.7 Å². The molecule has 0 aliphatic carbocycles. The highest BCUT2D eigenvalue weighted by atomic mass is 32.2. The molecule has 0 atom stereocenters. The first-order chi connectivity index (χ1) is 21.2. The van der Waals surface area contributed by atoms with Crippen molar-refractivity contribution < 1.29 is 42.1 Å². The summed E-state index contributed by atoms with van der Waals surface area (Å²) >= 11 is 0.934. The quantitative estimate of drug-likeness (QED) is 0.0364. The molecule has 0 spiro atoms. The molecule has 0 fully saturated rings. The highest BCUT2D eigenvalue weighted by Crippen LogP contribution is 2.48. The second-order valence-corrected chi connectivity index (χ2v) is 14.3. The van der Waals surface area contributed by atoms with E-state index in [4.69, 9.17) is 10.4 Å². The fourth-order valence-electron chi connectivity index (χ4n) is 6.24. The number of anilines is 1. The summed E-state index contributed by atoms with van der Waals surface area (Å²) in [6, 6.07) is 10.7. The molecule has 2 heterocycles. The van der Waals surface area contributed by atoms with Gasteiger partial charge >= 0.3 is 5.97 Å². The number of hydrogen-bond donors (Lipinski definition) is 3. The van der Waals surface area contributed by atoms with Crippen LogP contribution in [0.1, 0.15) is 71.4 Å². The van der Waals surface area contributed by atoms with Gasteiger partial charge in [-0.1, -0.05) is 43.5 Å². The van der Waals surface area contributed by atoms with Gasteiger partial charge in [0, 0.05) is 52.4 Å². The van der Waals surface area contributed by atoms with Gasteiger partial charge in [-0.15, -0.1) is 4.33 Å². The highest BCUT2D eigenvalue weighted by molar-refractivity contribution is 7.94. The normalized spacial score (nSPS) is 18.0. The van der Waals surface area contributed by atoms with E-state index in [-0.39, 0.29) is 16.7 Å². The van der Waals surface area contributed by atoms with Crippen LogP contribution in [0, 0.1) is 0 Å². The number of hydrogen-bond acceptors (Lipinski definition) is 8. The summed E-state index contributed by atoms with van der Waals surface area (Å²) in [6.07, 6.45) is 12.3. The summed E-state index contributed by atoms with van der Waals surface area (Å²) in [6.45, 7) is 11.9. The molecule has 0 saturated carbocycles. The average molecular weight is 658 g/mol. The van der Waals surface area contributed by atoms with E-state index in [1.54, 1.807) is 6.07 Å². The molecule has 0 radical (unpaired) electrons. The minimum absolute atomic E-state index is 0.126. The van der Waals surface area contributed by atoms with Crippen molar-refractivity contribution in [2.45, 2.75) is 80.9 Å². The van der Waals surface area contributed by atoms with Gasteiger partial charge in [0.25, 0.3) is 10.1 Å². The molecule has 2 aliphatic rings. The Labute approximate surface area is 269 Å². The predicted octanol–water partition coefficient (Wildman–Crippen LogP) is 7.20. The summed E-state index contributed by atoms with van der Waals surface area (Å²) in [5, 5.41) is 21.3. The fourth-order valence-corrected chi connectivity index (χ4v) is 7.14. The smallest absolute Gasteiger partial charge is 0.303 e. The van der Waals surface area contributed by atoms with Crippen molar-refractivity contribution in [1.29, 1.82) is 0 Å². The topological polar surface area (TPSA) is 137 Å². The van der Waals surface area contributed by atoms with Gasteiger partial charge in [-0.05, 0) is 75.6 Å². The molecule has 0 unspecified atom stereocenters. The van der Waals surface area contributed by atoms with Gasteiger partial charge in [-0.3, -0.25) is 9.35 Å². The van der Waals surface area contributed by atoms with E-state index in [1.165, 1.54) is 12.1 Å². The van der Waals surface area contributed by atoms with E-state index >= 15 is 0 Å². The summed E-state index contributed by atoms with van der Waals surface area (Å²) < 4.78 is 40.4. The van der Waals surface area contributed by atoms with Gasteiger partial charge in [0.15, 0.2) is 5.71 Å². The van der Waals surface area contributed by atoms with E-state index in [1.807, 2.05) is 56.4 Å². The zero-order valence-corrected chi connectivity index (χ0v) is 27.8. The first-order valence-corrected chi connectivity index (χ1v) is 17.0. The number of fused-ring (bicyclic) bond motifs is 2. The Kier molecular flexibility index (Phi) is 10.8. The second kappa shape index (κ2) is 14.0. The third-order valence-electron chi connectivity index (χ3n) is 8.50. The number of carbonyl (C=O) groups is 1. The van der Waals surface area contributed by atoms with Gasteiger partial charge in [0.2, 0.25) is 5.69 Å². The summed E-state index contributed by atoms with van der Waals surface area (Å²) in [4.78, 5) is 13.8. The monoisotopic (exact) mass is 657 g/mol. The van der Waals surface area contributed by atoms with Crippen LogP contribution in [0.3, 0.4) is 0 Å². The minimum Gasteiger partial charge on any atom is -0.481 e. The van der Waals surface area contributed by atoms with E-state index in [0.717, 1.165) is 70.2 Å². The average Bonchev–Trinajstić information content (AvgIpc) is 3.32. The van der Waals surface area contributed by atoms with Crippen LogP contribution in [0.5, 0.6) is 0 Å². The Hall–Kier alpha value is -3.26. The SMILES string of the molecule is CC[N+]1=C(/C=C/C=C/C=C2/N(CCCCCC(=O)O)c3ccc(S(=O)(=O)O)cc3C2(C)C)C(C)(C)c2cc(SOOO)ccc21. The number of carboxylic acids is 1. The first-order valence-electron chi connectivity index (χ1n) is 14.8. The lowest BCUT2D eigenvalue weighted by Crippen LogP contribution is -2.27. The molecule has 0 bridgehead atoms. The van der Waals surface area contributed by atoms with E-state index in [0.29, 0.717) is 13.0 Å². The number of carboxylic acid groups (broad SMARTS) is 1. The van der Waals surface area contributed by atoms with Crippen LogP contribution in [0.25, 0.3) is 0 Å². The van der Waals surface area contributed by atoms with Crippen LogP contribution in [0.4, 0.5) is 11.4 Å².